The molecule has 168 valence electrons. The van der Waals surface area contributed by atoms with Crippen LogP contribution < -0.4 is 10.6 Å². The van der Waals surface area contributed by atoms with Gasteiger partial charge in [-0.05, 0) is 50.1 Å². The van der Waals surface area contributed by atoms with Gasteiger partial charge in [-0.2, -0.15) is 0 Å². The number of thiazole rings is 1. The van der Waals surface area contributed by atoms with Gasteiger partial charge < -0.3 is 15.7 Å². The maximum atomic E-state index is 12.5. The van der Waals surface area contributed by atoms with Crippen LogP contribution in [0.3, 0.4) is 0 Å². The number of aliphatic hydroxyl groups is 1. The van der Waals surface area contributed by atoms with Crippen LogP contribution in [0.2, 0.25) is 0 Å². The summed E-state index contributed by atoms with van der Waals surface area (Å²) in [6, 6.07) is 8.89. The molecule has 5 rings (SSSR count). The third-order valence-electron chi connectivity index (χ3n) is 6.80. The summed E-state index contributed by atoms with van der Waals surface area (Å²) in [4.78, 5) is 24.4. The standard InChI is InChI=1S/C24H29N5O2S/c1-16-2-3-17-6-9-26-23(20(17)10-16)27-12-22(30)28-18-13-29(14-18)19-4-7-24(31,8-5-19)21-11-25-15-32-21/h2-3,6,9-11,15,18-19,31H,4-5,7-8,12-14H2,1H3,(H,26,27)(H,28,30)/t19-,24-. The van der Waals surface area contributed by atoms with Gasteiger partial charge in [0, 0.05) is 36.9 Å². The van der Waals surface area contributed by atoms with Crippen LogP contribution in [0.15, 0.2) is 42.2 Å². The molecule has 0 radical (unpaired) electrons. The summed E-state index contributed by atoms with van der Waals surface area (Å²) in [5, 5.41) is 19.4. The molecule has 2 aromatic heterocycles. The van der Waals surface area contributed by atoms with Crippen LogP contribution in [-0.4, -0.2) is 57.6 Å². The Labute approximate surface area is 191 Å². The van der Waals surface area contributed by atoms with E-state index in [2.05, 4.69) is 50.6 Å². The van der Waals surface area contributed by atoms with Gasteiger partial charge in [0.25, 0.3) is 0 Å². The van der Waals surface area contributed by atoms with Crippen LogP contribution in [0.1, 0.15) is 36.1 Å². The first kappa shape index (κ1) is 21.3. The lowest BCUT2D eigenvalue weighted by atomic mass is 9.80. The highest BCUT2D eigenvalue weighted by Gasteiger charge is 2.40. The van der Waals surface area contributed by atoms with E-state index in [0.29, 0.717) is 6.04 Å². The van der Waals surface area contributed by atoms with Crippen molar-refractivity contribution in [3.63, 3.8) is 0 Å². The van der Waals surface area contributed by atoms with Crippen LogP contribution in [0, 0.1) is 6.92 Å². The molecule has 8 heteroatoms. The highest BCUT2D eigenvalue weighted by atomic mass is 32.1. The van der Waals surface area contributed by atoms with E-state index < -0.39 is 5.60 Å². The minimum Gasteiger partial charge on any atom is -0.384 e. The van der Waals surface area contributed by atoms with Crippen LogP contribution >= 0.6 is 11.3 Å². The van der Waals surface area contributed by atoms with Crippen molar-refractivity contribution in [1.29, 1.82) is 0 Å². The summed E-state index contributed by atoms with van der Waals surface area (Å²) >= 11 is 1.54. The maximum Gasteiger partial charge on any atom is 0.239 e. The maximum absolute atomic E-state index is 12.5. The number of aromatic nitrogens is 2. The quantitative estimate of drug-likeness (QED) is 0.534. The van der Waals surface area contributed by atoms with Gasteiger partial charge in [-0.25, -0.2) is 4.98 Å². The number of aryl methyl sites for hydroxylation is 1. The topological polar surface area (TPSA) is 90.4 Å². The number of pyridine rings is 1. The SMILES string of the molecule is Cc1ccc2ccnc(NCC(=O)NC3CN([C@H]4CC[C@@](O)(c5cncs5)CC4)C3)c2c1. The molecule has 1 aromatic carbocycles. The van der Waals surface area contributed by atoms with E-state index in [4.69, 9.17) is 0 Å². The molecule has 3 N–H and O–H groups in total. The van der Waals surface area contributed by atoms with Gasteiger partial charge in [0.2, 0.25) is 5.91 Å². The van der Waals surface area contributed by atoms with Crippen molar-refractivity contribution in [3.8, 4) is 0 Å². The first-order chi connectivity index (χ1) is 15.5. The molecule has 0 bridgehead atoms. The Morgan fingerprint density at radius 3 is 2.84 bits per heavy atom. The van der Waals surface area contributed by atoms with E-state index in [1.165, 1.54) is 16.9 Å². The monoisotopic (exact) mass is 451 g/mol. The van der Waals surface area contributed by atoms with Crippen molar-refractivity contribution in [2.75, 3.05) is 25.0 Å². The van der Waals surface area contributed by atoms with Crippen molar-refractivity contribution < 1.29 is 9.90 Å². The Morgan fingerprint density at radius 2 is 2.09 bits per heavy atom. The van der Waals surface area contributed by atoms with Crippen molar-refractivity contribution in [2.45, 2.75) is 50.3 Å². The zero-order valence-corrected chi connectivity index (χ0v) is 19.1. The van der Waals surface area contributed by atoms with Crippen molar-refractivity contribution in [3.05, 3.63) is 52.6 Å². The number of likely N-dealkylation sites (tertiary alicyclic amines) is 1. The summed E-state index contributed by atoms with van der Waals surface area (Å²) in [7, 11) is 0. The van der Waals surface area contributed by atoms with Gasteiger partial charge in [0.15, 0.2) is 0 Å². The van der Waals surface area contributed by atoms with E-state index in [1.54, 1.807) is 17.9 Å². The predicted molar refractivity (Wildman–Crippen MR) is 127 cm³/mol. The second-order valence-electron chi connectivity index (χ2n) is 9.08. The zero-order chi connectivity index (χ0) is 22.1. The molecular formula is C24H29N5O2S. The molecule has 1 saturated heterocycles. The lowest BCUT2D eigenvalue weighted by Gasteiger charge is -2.48. The van der Waals surface area contributed by atoms with Crippen molar-refractivity contribution >= 4 is 33.8 Å². The van der Waals surface area contributed by atoms with E-state index in [0.717, 1.165) is 60.2 Å². The molecule has 1 amide bonds. The molecule has 3 aromatic rings. The lowest BCUT2D eigenvalue weighted by Crippen LogP contribution is -2.63. The van der Waals surface area contributed by atoms with Crippen molar-refractivity contribution in [2.24, 2.45) is 0 Å². The molecule has 3 heterocycles. The fourth-order valence-corrected chi connectivity index (χ4v) is 5.69. The van der Waals surface area contributed by atoms with Gasteiger partial charge in [-0.1, -0.05) is 17.7 Å². The fraction of sp³-hybridized carbons (Fsp3) is 0.458. The van der Waals surface area contributed by atoms with Crippen LogP contribution in [0.4, 0.5) is 5.82 Å². The van der Waals surface area contributed by atoms with Crippen LogP contribution in [0.5, 0.6) is 0 Å². The highest BCUT2D eigenvalue weighted by molar-refractivity contribution is 7.09. The van der Waals surface area contributed by atoms with Gasteiger partial charge >= 0.3 is 0 Å². The highest BCUT2D eigenvalue weighted by Crippen LogP contribution is 2.40. The van der Waals surface area contributed by atoms with Gasteiger partial charge in [0.05, 0.1) is 23.0 Å². The number of carbonyl (C=O) groups excluding carboxylic acids is 1. The molecule has 7 nitrogen and oxygen atoms in total. The predicted octanol–water partition coefficient (Wildman–Crippen LogP) is 3.04. The molecule has 0 unspecified atom stereocenters. The van der Waals surface area contributed by atoms with E-state index >= 15 is 0 Å². The number of rotatable bonds is 6. The van der Waals surface area contributed by atoms with E-state index in [1.807, 2.05) is 6.07 Å². The Kier molecular flexibility index (Phi) is 5.84. The number of amides is 1. The molecule has 32 heavy (non-hydrogen) atoms. The molecular weight excluding hydrogens is 422 g/mol. The molecule has 2 aliphatic rings. The third-order valence-corrected chi connectivity index (χ3v) is 7.77. The minimum absolute atomic E-state index is 0.00989. The summed E-state index contributed by atoms with van der Waals surface area (Å²) in [5.41, 5.74) is 2.24. The summed E-state index contributed by atoms with van der Waals surface area (Å²) in [6.07, 6.45) is 7.06. The Bertz CT molecular complexity index is 1090. The minimum atomic E-state index is -0.712. The lowest BCUT2D eigenvalue weighted by molar-refractivity contribution is -0.121. The van der Waals surface area contributed by atoms with Crippen LogP contribution in [0.25, 0.3) is 10.8 Å². The molecule has 1 saturated carbocycles. The smallest absolute Gasteiger partial charge is 0.239 e. The first-order valence-electron chi connectivity index (χ1n) is 11.2. The average Bonchev–Trinajstić information content (AvgIpc) is 3.31. The largest absolute Gasteiger partial charge is 0.384 e. The zero-order valence-electron chi connectivity index (χ0n) is 18.3. The third kappa shape index (κ3) is 4.35. The van der Waals surface area contributed by atoms with Gasteiger partial charge in [-0.3, -0.25) is 14.7 Å². The number of benzene rings is 1. The second kappa shape index (κ2) is 8.77. The first-order valence-corrected chi connectivity index (χ1v) is 12.1. The molecule has 2 fully saturated rings. The van der Waals surface area contributed by atoms with Crippen LogP contribution in [-0.2, 0) is 10.4 Å². The fourth-order valence-electron chi connectivity index (χ4n) is 4.91. The normalized spacial score (nSPS) is 24.2. The molecule has 0 atom stereocenters. The number of nitrogens with one attached hydrogen (secondary N) is 2. The number of fused-ring (bicyclic) bond motifs is 1. The summed E-state index contributed by atoms with van der Waals surface area (Å²) < 4.78 is 0. The molecule has 0 spiro atoms. The van der Waals surface area contributed by atoms with Gasteiger partial charge in [-0.15, -0.1) is 11.3 Å². The summed E-state index contributed by atoms with van der Waals surface area (Å²) in [5.74, 6) is 0.733. The number of anilines is 1. The van der Waals surface area contributed by atoms with E-state index in [-0.39, 0.29) is 18.5 Å². The number of hydrogen-bond acceptors (Lipinski definition) is 7. The Morgan fingerprint density at radius 1 is 1.28 bits per heavy atom. The Balaban J connectivity index is 1.07. The molecule has 1 aliphatic heterocycles. The number of nitrogens with zero attached hydrogens (tertiary/aromatic N) is 3. The Hall–Kier alpha value is -2.55. The van der Waals surface area contributed by atoms with Gasteiger partial charge in [0.1, 0.15) is 11.4 Å². The average molecular weight is 452 g/mol. The second-order valence-corrected chi connectivity index (χ2v) is 9.97. The number of hydrogen-bond donors (Lipinski definition) is 3. The van der Waals surface area contributed by atoms with Crippen molar-refractivity contribution in [1.82, 2.24) is 20.2 Å². The van der Waals surface area contributed by atoms with E-state index in [9.17, 15) is 9.90 Å². The number of carbonyl (C=O) groups is 1. The molecule has 1 aliphatic carbocycles. The summed E-state index contributed by atoms with van der Waals surface area (Å²) in [6.45, 7) is 4.02.